The molecule has 3 rings (SSSR count). The van der Waals surface area contributed by atoms with Gasteiger partial charge in [-0.05, 0) is 31.0 Å². The monoisotopic (exact) mass is 347 g/mol. The third-order valence-corrected chi connectivity index (χ3v) is 4.61. The van der Waals surface area contributed by atoms with Crippen molar-refractivity contribution in [2.45, 2.75) is 31.3 Å². The maximum atomic E-state index is 12.7. The standard InChI is InChI=1S/C17H21N3O5/c1-24-10-5-6-14(25-2)11(8-10)13-4-3-7-20(13)15(21)9-12-16(22)19-17(23)18-12/h5-6,8,12-13H,3-4,7,9H2,1-2H3,(H2,18,19,22,23). The van der Waals surface area contributed by atoms with Gasteiger partial charge < -0.3 is 19.7 Å². The van der Waals surface area contributed by atoms with Gasteiger partial charge in [0, 0.05) is 12.1 Å². The van der Waals surface area contributed by atoms with Crippen LogP contribution >= 0.6 is 0 Å². The molecule has 2 unspecified atom stereocenters. The quantitative estimate of drug-likeness (QED) is 0.774. The predicted octanol–water partition coefficient (Wildman–Crippen LogP) is 0.965. The van der Waals surface area contributed by atoms with Gasteiger partial charge in [-0.25, -0.2) is 4.79 Å². The lowest BCUT2D eigenvalue weighted by Gasteiger charge is -2.27. The lowest BCUT2D eigenvalue weighted by molar-refractivity contribution is -0.134. The van der Waals surface area contributed by atoms with Crippen molar-refractivity contribution in [1.29, 1.82) is 0 Å². The summed E-state index contributed by atoms with van der Waals surface area (Å²) >= 11 is 0. The Bertz CT molecular complexity index is 706. The van der Waals surface area contributed by atoms with E-state index in [1.54, 1.807) is 19.1 Å². The fraction of sp³-hybridized carbons (Fsp3) is 0.471. The topological polar surface area (TPSA) is 97.0 Å². The van der Waals surface area contributed by atoms with Gasteiger partial charge in [0.25, 0.3) is 5.91 Å². The SMILES string of the molecule is COc1ccc(OC)c(C2CCCN2C(=O)CC2NC(=O)NC2=O)c1. The van der Waals surface area contributed by atoms with E-state index in [-0.39, 0.29) is 18.4 Å². The van der Waals surface area contributed by atoms with Crippen molar-refractivity contribution in [3.8, 4) is 11.5 Å². The van der Waals surface area contributed by atoms with Crippen LogP contribution in [0.2, 0.25) is 0 Å². The minimum Gasteiger partial charge on any atom is -0.497 e. The van der Waals surface area contributed by atoms with Gasteiger partial charge in [-0.15, -0.1) is 0 Å². The molecule has 8 heteroatoms. The molecule has 0 saturated carbocycles. The van der Waals surface area contributed by atoms with Crippen LogP contribution in [-0.2, 0) is 9.59 Å². The number of hydrogen-bond donors (Lipinski definition) is 2. The second kappa shape index (κ2) is 7.00. The average Bonchev–Trinajstić information content (AvgIpc) is 3.21. The molecule has 0 spiro atoms. The Kier molecular flexibility index (Phi) is 4.78. The number of amides is 4. The van der Waals surface area contributed by atoms with Crippen LogP contribution in [0.15, 0.2) is 18.2 Å². The molecular weight excluding hydrogens is 326 g/mol. The molecule has 2 fully saturated rings. The van der Waals surface area contributed by atoms with Gasteiger partial charge in [0.1, 0.15) is 17.5 Å². The fourth-order valence-corrected chi connectivity index (χ4v) is 3.38. The first-order valence-corrected chi connectivity index (χ1v) is 8.16. The zero-order valence-corrected chi connectivity index (χ0v) is 14.2. The number of ether oxygens (including phenoxy) is 2. The number of benzene rings is 1. The van der Waals surface area contributed by atoms with E-state index in [2.05, 4.69) is 10.6 Å². The molecule has 0 aliphatic carbocycles. The number of rotatable bonds is 5. The molecule has 0 radical (unpaired) electrons. The highest BCUT2D eigenvalue weighted by molar-refractivity contribution is 6.05. The minimum absolute atomic E-state index is 0.0552. The predicted molar refractivity (Wildman–Crippen MR) is 88.3 cm³/mol. The first-order chi connectivity index (χ1) is 12.0. The number of likely N-dealkylation sites (tertiary alicyclic amines) is 1. The van der Waals surface area contributed by atoms with Crippen LogP contribution in [-0.4, -0.2) is 49.6 Å². The summed E-state index contributed by atoms with van der Waals surface area (Å²) in [5, 5.41) is 4.60. The van der Waals surface area contributed by atoms with Crippen LogP contribution in [0, 0.1) is 0 Å². The first-order valence-electron chi connectivity index (χ1n) is 8.16. The molecule has 8 nitrogen and oxygen atoms in total. The van der Waals surface area contributed by atoms with Crippen molar-refractivity contribution in [1.82, 2.24) is 15.5 Å². The summed E-state index contributed by atoms with van der Waals surface area (Å²) in [7, 11) is 3.18. The average molecular weight is 347 g/mol. The maximum Gasteiger partial charge on any atom is 0.322 e. The highest BCUT2D eigenvalue weighted by Gasteiger charge is 2.37. The highest BCUT2D eigenvalue weighted by atomic mass is 16.5. The van der Waals surface area contributed by atoms with E-state index in [1.807, 2.05) is 18.2 Å². The number of nitrogens with one attached hydrogen (secondary N) is 2. The molecule has 2 atom stereocenters. The van der Waals surface area contributed by atoms with Crippen LogP contribution in [0.25, 0.3) is 0 Å². The van der Waals surface area contributed by atoms with E-state index >= 15 is 0 Å². The van der Waals surface area contributed by atoms with E-state index in [9.17, 15) is 14.4 Å². The van der Waals surface area contributed by atoms with Gasteiger partial charge in [0.2, 0.25) is 5.91 Å². The van der Waals surface area contributed by atoms with Crippen LogP contribution in [0.5, 0.6) is 11.5 Å². The molecular formula is C17H21N3O5. The Morgan fingerprint density at radius 1 is 1.28 bits per heavy atom. The second-order valence-electron chi connectivity index (χ2n) is 6.07. The number of imide groups is 1. The Hall–Kier alpha value is -2.77. The summed E-state index contributed by atoms with van der Waals surface area (Å²) in [6.45, 7) is 0.603. The number of hydrogen-bond acceptors (Lipinski definition) is 5. The Morgan fingerprint density at radius 2 is 2.08 bits per heavy atom. The maximum absolute atomic E-state index is 12.7. The molecule has 2 aliphatic heterocycles. The van der Waals surface area contributed by atoms with Crippen molar-refractivity contribution in [2.75, 3.05) is 20.8 Å². The second-order valence-corrected chi connectivity index (χ2v) is 6.07. The molecule has 2 aliphatic rings. The smallest absolute Gasteiger partial charge is 0.322 e. The molecule has 1 aromatic carbocycles. The Morgan fingerprint density at radius 3 is 2.72 bits per heavy atom. The lowest BCUT2D eigenvalue weighted by atomic mass is 10.0. The zero-order chi connectivity index (χ0) is 18.0. The molecule has 25 heavy (non-hydrogen) atoms. The summed E-state index contributed by atoms with van der Waals surface area (Å²) in [5.41, 5.74) is 0.882. The summed E-state index contributed by atoms with van der Waals surface area (Å²) in [6.07, 6.45) is 1.61. The molecule has 2 N–H and O–H groups in total. The van der Waals surface area contributed by atoms with Gasteiger partial charge in [-0.3, -0.25) is 14.9 Å². The number of carbonyl (C=O) groups is 3. The van der Waals surface area contributed by atoms with Gasteiger partial charge in [0.05, 0.1) is 26.7 Å². The normalized spacial score (nSPS) is 22.6. The molecule has 134 valence electrons. The van der Waals surface area contributed by atoms with Gasteiger partial charge in [-0.2, -0.15) is 0 Å². The first kappa shape index (κ1) is 17.1. The van der Waals surface area contributed by atoms with Crippen LogP contribution < -0.4 is 20.1 Å². The summed E-state index contributed by atoms with van der Waals surface area (Å²) in [4.78, 5) is 37.3. The van der Waals surface area contributed by atoms with Crippen molar-refractivity contribution >= 4 is 17.8 Å². The minimum atomic E-state index is -0.812. The highest BCUT2D eigenvalue weighted by Crippen LogP contribution is 2.39. The van der Waals surface area contributed by atoms with E-state index in [1.165, 1.54) is 0 Å². The Labute approximate surface area is 145 Å². The third kappa shape index (κ3) is 3.38. The van der Waals surface area contributed by atoms with Crippen molar-refractivity contribution < 1.29 is 23.9 Å². The summed E-state index contributed by atoms with van der Waals surface area (Å²) in [5.74, 6) is 0.748. The number of carbonyl (C=O) groups excluding carboxylic acids is 3. The molecule has 1 aromatic rings. The van der Waals surface area contributed by atoms with Crippen LogP contribution in [0.1, 0.15) is 30.9 Å². The number of urea groups is 1. The summed E-state index contributed by atoms with van der Waals surface area (Å²) < 4.78 is 10.7. The molecule has 4 amide bonds. The van der Waals surface area contributed by atoms with Crippen molar-refractivity contribution in [2.24, 2.45) is 0 Å². The molecule has 2 saturated heterocycles. The van der Waals surface area contributed by atoms with E-state index in [0.717, 1.165) is 18.4 Å². The molecule has 0 bridgehead atoms. The van der Waals surface area contributed by atoms with E-state index in [0.29, 0.717) is 18.0 Å². The Balaban J connectivity index is 1.79. The molecule has 2 heterocycles. The fourth-order valence-electron chi connectivity index (χ4n) is 3.38. The largest absolute Gasteiger partial charge is 0.497 e. The number of nitrogens with zero attached hydrogens (tertiary/aromatic N) is 1. The van der Waals surface area contributed by atoms with Gasteiger partial charge in [-0.1, -0.05) is 0 Å². The van der Waals surface area contributed by atoms with Crippen molar-refractivity contribution in [3.63, 3.8) is 0 Å². The molecule has 0 aromatic heterocycles. The number of methoxy groups -OCH3 is 2. The zero-order valence-electron chi connectivity index (χ0n) is 14.2. The lowest BCUT2D eigenvalue weighted by Crippen LogP contribution is -2.38. The van der Waals surface area contributed by atoms with E-state index < -0.39 is 18.0 Å². The van der Waals surface area contributed by atoms with Crippen molar-refractivity contribution in [3.05, 3.63) is 23.8 Å². The third-order valence-electron chi connectivity index (χ3n) is 4.61. The van der Waals surface area contributed by atoms with Crippen LogP contribution in [0.4, 0.5) is 4.79 Å². The van der Waals surface area contributed by atoms with Gasteiger partial charge >= 0.3 is 6.03 Å². The summed E-state index contributed by atoms with van der Waals surface area (Å²) in [6, 6.07) is 3.99. The van der Waals surface area contributed by atoms with Gasteiger partial charge in [0.15, 0.2) is 0 Å². The van der Waals surface area contributed by atoms with E-state index in [4.69, 9.17) is 9.47 Å². The van der Waals surface area contributed by atoms with Crippen LogP contribution in [0.3, 0.4) is 0 Å².